The van der Waals surface area contributed by atoms with Crippen molar-refractivity contribution in [1.82, 2.24) is 9.55 Å². The van der Waals surface area contributed by atoms with Gasteiger partial charge >= 0.3 is 0 Å². The van der Waals surface area contributed by atoms with Crippen LogP contribution in [0.25, 0.3) is 11.0 Å². The predicted octanol–water partition coefficient (Wildman–Crippen LogP) is 3.69. The lowest BCUT2D eigenvalue weighted by molar-refractivity contribution is 0.355. The highest BCUT2D eigenvalue weighted by Gasteiger charge is 2.38. The number of hydrogen-bond acceptors (Lipinski definition) is 3. The molecule has 0 spiro atoms. The molecular formula is C14H18N2O2S. The maximum Gasteiger partial charge on any atom is 0.178 e. The third-order valence-electron chi connectivity index (χ3n) is 3.96. The molecule has 19 heavy (non-hydrogen) atoms. The molecule has 0 amide bonds. The normalized spacial score (nSPS) is 21.6. The van der Waals surface area contributed by atoms with Crippen LogP contribution < -0.4 is 9.47 Å². The Bertz CT molecular complexity index is 674. The van der Waals surface area contributed by atoms with Crippen molar-refractivity contribution in [2.75, 3.05) is 14.2 Å². The fraction of sp³-hybridized carbons (Fsp3) is 0.500. The number of hydrogen-bond donors (Lipinski definition) is 1. The largest absolute Gasteiger partial charge is 0.493 e. The second kappa shape index (κ2) is 4.56. The molecule has 0 radical (unpaired) electrons. The second-order valence-electron chi connectivity index (χ2n) is 5.00. The van der Waals surface area contributed by atoms with Gasteiger partial charge in [0.15, 0.2) is 16.3 Å². The van der Waals surface area contributed by atoms with Crippen molar-refractivity contribution in [2.24, 2.45) is 5.92 Å². The average molecular weight is 278 g/mol. The zero-order valence-electron chi connectivity index (χ0n) is 11.4. The highest BCUT2D eigenvalue weighted by molar-refractivity contribution is 7.71. The summed E-state index contributed by atoms with van der Waals surface area (Å²) in [7, 11) is 3.30. The van der Waals surface area contributed by atoms with Crippen LogP contribution in [0.1, 0.15) is 25.8 Å². The number of methoxy groups -OCH3 is 2. The number of H-pyrrole nitrogens is 1. The van der Waals surface area contributed by atoms with E-state index in [1.54, 1.807) is 14.2 Å². The molecule has 1 aliphatic carbocycles. The number of imidazole rings is 1. The minimum atomic E-state index is 0.532. The number of fused-ring (bicyclic) bond motifs is 1. The lowest BCUT2D eigenvalue weighted by Gasteiger charge is -2.09. The van der Waals surface area contributed by atoms with Gasteiger partial charge in [-0.2, -0.15) is 0 Å². The van der Waals surface area contributed by atoms with Crippen molar-refractivity contribution in [2.45, 2.75) is 25.8 Å². The molecule has 1 fully saturated rings. The highest BCUT2D eigenvalue weighted by Crippen LogP contribution is 2.47. The van der Waals surface area contributed by atoms with Gasteiger partial charge in [0, 0.05) is 18.2 Å². The van der Waals surface area contributed by atoms with Gasteiger partial charge in [-0.25, -0.2) is 0 Å². The number of benzene rings is 1. The van der Waals surface area contributed by atoms with Crippen molar-refractivity contribution in [3.05, 3.63) is 16.9 Å². The second-order valence-corrected chi connectivity index (χ2v) is 5.38. The van der Waals surface area contributed by atoms with Crippen molar-refractivity contribution < 1.29 is 9.47 Å². The molecule has 2 unspecified atom stereocenters. The number of ether oxygens (including phenoxy) is 2. The first kappa shape index (κ1) is 12.5. The van der Waals surface area contributed by atoms with Gasteiger partial charge in [-0.05, 0) is 24.6 Å². The van der Waals surface area contributed by atoms with Crippen LogP contribution in [0.15, 0.2) is 12.1 Å². The van der Waals surface area contributed by atoms with E-state index < -0.39 is 0 Å². The Labute approximate surface area is 117 Å². The molecule has 1 heterocycles. The first-order valence-electron chi connectivity index (χ1n) is 6.55. The van der Waals surface area contributed by atoms with Crippen LogP contribution in [-0.4, -0.2) is 23.8 Å². The molecule has 2 aromatic rings. The van der Waals surface area contributed by atoms with Crippen LogP contribution in [0, 0.1) is 10.7 Å². The molecule has 1 aromatic carbocycles. The summed E-state index contributed by atoms with van der Waals surface area (Å²) in [6, 6.07) is 4.49. The average Bonchev–Trinajstić information content (AvgIpc) is 3.12. The van der Waals surface area contributed by atoms with Crippen LogP contribution in [0.2, 0.25) is 0 Å². The van der Waals surface area contributed by atoms with E-state index in [1.807, 2.05) is 12.1 Å². The Morgan fingerprint density at radius 3 is 2.58 bits per heavy atom. The smallest absolute Gasteiger partial charge is 0.178 e. The first-order chi connectivity index (χ1) is 9.19. The molecule has 2 atom stereocenters. The van der Waals surface area contributed by atoms with Crippen LogP contribution in [-0.2, 0) is 0 Å². The topological polar surface area (TPSA) is 39.2 Å². The Morgan fingerprint density at radius 1 is 1.32 bits per heavy atom. The predicted molar refractivity (Wildman–Crippen MR) is 77.7 cm³/mol. The standard InChI is InChI=1S/C14H18N2O2S/c1-4-8-5-10(8)16-11-7-13(18-3)12(17-2)6-9(11)15-14(16)19/h6-8,10H,4-5H2,1-3H3,(H,15,19). The van der Waals surface area contributed by atoms with Crippen LogP contribution >= 0.6 is 12.2 Å². The summed E-state index contributed by atoms with van der Waals surface area (Å²) in [5, 5.41) is 0. The monoisotopic (exact) mass is 278 g/mol. The van der Waals surface area contributed by atoms with Gasteiger partial charge in [-0.15, -0.1) is 0 Å². The van der Waals surface area contributed by atoms with E-state index in [2.05, 4.69) is 16.5 Å². The van der Waals surface area contributed by atoms with Gasteiger partial charge < -0.3 is 19.0 Å². The number of rotatable bonds is 4. The van der Waals surface area contributed by atoms with Gasteiger partial charge in [-0.1, -0.05) is 13.3 Å². The minimum Gasteiger partial charge on any atom is -0.493 e. The Balaban J connectivity index is 2.18. The molecule has 1 aliphatic rings. The van der Waals surface area contributed by atoms with Crippen molar-refractivity contribution in [1.29, 1.82) is 0 Å². The van der Waals surface area contributed by atoms with Gasteiger partial charge in [0.05, 0.1) is 25.3 Å². The quantitative estimate of drug-likeness (QED) is 0.867. The molecular weight excluding hydrogens is 260 g/mol. The highest BCUT2D eigenvalue weighted by atomic mass is 32.1. The molecule has 1 saturated carbocycles. The van der Waals surface area contributed by atoms with Gasteiger partial charge in [-0.3, -0.25) is 0 Å². The fourth-order valence-electron chi connectivity index (χ4n) is 2.77. The molecule has 1 aromatic heterocycles. The number of nitrogens with one attached hydrogen (secondary N) is 1. The van der Waals surface area contributed by atoms with E-state index in [-0.39, 0.29) is 0 Å². The zero-order chi connectivity index (χ0) is 13.6. The number of nitrogens with zero attached hydrogens (tertiary/aromatic N) is 1. The summed E-state index contributed by atoms with van der Waals surface area (Å²) in [6.45, 7) is 2.23. The van der Waals surface area contributed by atoms with Crippen molar-refractivity contribution >= 4 is 23.3 Å². The molecule has 0 saturated heterocycles. The van der Waals surface area contributed by atoms with E-state index in [0.717, 1.165) is 33.2 Å². The van der Waals surface area contributed by atoms with Gasteiger partial charge in [0.2, 0.25) is 0 Å². The lowest BCUT2D eigenvalue weighted by Crippen LogP contribution is -1.97. The van der Waals surface area contributed by atoms with Crippen LogP contribution in [0.5, 0.6) is 11.5 Å². The maximum atomic E-state index is 5.45. The zero-order valence-corrected chi connectivity index (χ0v) is 12.2. The van der Waals surface area contributed by atoms with Gasteiger partial charge in [0.1, 0.15) is 0 Å². The summed E-state index contributed by atoms with van der Waals surface area (Å²) in [4.78, 5) is 3.26. The molecule has 5 heteroatoms. The van der Waals surface area contributed by atoms with E-state index in [1.165, 1.54) is 12.8 Å². The van der Waals surface area contributed by atoms with Crippen LogP contribution in [0.4, 0.5) is 0 Å². The summed E-state index contributed by atoms with van der Waals surface area (Å²) in [5.74, 6) is 2.21. The first-order valence-corrected chi connectivity index (χ1v) is 6.96. The van der Waals surface area contributed by atoms with E-state index in [9.17, 15) is 0 Å². The van der Waals surface area contributed by atoms with E-state index in [0.29, 0.717) is 6.04 Å². The number of aromatic nitrogens is 2. The van der Waals surface area contributed by atoms with E-state index >= 15 is 0 Å². The molecule has 0 bridgehead atoms. The molecule has 0 aliphatic heterocycles. The van der Waals surface area contributed by atoms with Crippen molar-refractivity contribution in [3.63, 3.8) is 0 Å². The maximum absolute atomic E-state index is 5.45. The molecule has 1 N–H and O–H groups in total. The Kier molecular flexibility index (Phi) is 3.01. The molecule has 3 rings (SSSR count). The lowest BCUT2D eigenvalue weighted by atomic mass is 10.2. The van der Waals surface area contributed by atoms with Crippen LogP contribution in [0.3, 0.4) is 0 Å². The van der Waals surface area contributed by atoms with Gasteiger partial charge in [0.25, 0.3) is 0 Å². The summed E-state index contributed by atoms with van der Waals surface area (Å²) < 4.78 is 13.7. The molecule has 102 valence electrons. The summed E-state index contributed by atoms with van der Waals surface area (Å²) in [6.07, 6.45) is 2.42. The SMILES string of the molecule is CCC1CC1n1c(=S)[nH]c2cc(OC)c(OC)cc21. The van der Waals surface area contributed by atoms with Crippen molar-refractivity contribution in [3.8, 4) is 11.5 Å². The van der Waals surface area contributed by atoms with E-state index in [4.69, 9.17) is 21.7 Å². The summed E-state index contributed by atoms with van der Waals surface area (Å²) in [5.41, 5.74) is 2.10. The molecule has 4 nitrogen and oxygen atoms in total. The summed E-state index contributed by atoms with van der Waals surface area (Å²) >= 11 is 5.45. The third kappa shape index (κ3) is 1.92. The number of aromatic amines is 1. The third-order valence-corrected chi connectivity index (χ3v) is 4.26. The minimum absolute atomic E-state index is 0.532. The Hall–Kier alpha value is -1.49. The Morgan fingerprint density at radius 2 is 2.00 bits per heavy atom. The fourth-order valence-corrected chi connectivity index (χ4v) is 3.11.